The van der Waals surface area contributed by atoms with Gasteiger partial charge < -0.3 is 14.4 Å². The molecule has 0 radical (unpaired) electrons. The van der Waals surface area contributed by atoms with E-state index in [9.17, 15) is 4.79 Å². The lowest BCUT2D eigenvalue weighted by Gasteiger charge is -2.31. The van der Waals surface area contributed by atoms with Crippen LogP contribution in [0.25, 0.3) is 6.08 Å². The van der Waals surface area contributed by atoms with E-state index in [-0.39, 0.29) is 12.7 Å². The number of carbonyl (C=O) groups excluding carboxylic acids is 1. The first-order valence-electron chi connectivity index (χ1n) is 9.47. The van der Waals surface area contributed by atoms with Crippen molar-refractivity contribution in [3.8, 4) is 5.75 Å². The van der Waals surface area contributed by atoms with Crippen molar-refractivity contribution >= 4 is 12.0 Å². The Bertz CT molecular complexity index is 732. The van der Waals surface area contributed by atoms with Crippen LogP contribution in [0, 0.1) is 5.92 Å². The van der Waals surface area contributed by atoms with Crippen molar-refractivity contribution in [1.29, 1.82) is 0 Å². The molecule has 1 heterocycles. The lowest BCUT2D eigenvalue weighted by molar-refractivity contribution is -0.127. The van der Waals surface area contributed by atoms with Crippen LogP contribution in [-0.2, 0) is 16.0 Å². The number of carbonyl (C=O) groups is 1. The van der Waals surface area contributed by atoms with Gasteiger partial charge in [-0.2, -0.15) is 0 Å². The quantitative estimate of drug-likeness (QED) is 0.546. The molecule has 4 heteroatoms. The first kappa shape index (κ1) is 19.2. The summed E-state index contributed by atoms with van der Waals surface area (Å²) in [7, 11) is 1.59. The van der Waals surface area contributed by atoms with Gasteiger partial charge in [0.05, 0.1) is 0 Å². The molecule has 0 bridgehead atoms. The fourth-order valence-electron chi connectivity index (χ4n) is 3.38. The molecule has 0 aromatic heterocycles. The molecule has 27 heavy (non-hydrogen) atoms. The third-order valence-electron chi connectivity index (χ3n) is 4.94. The average molecular weight is 365 g/mol. The maximum absolute atomic E-state index is 12.4. The number of rotatable bonds is 7. The summed E-state index contributed by atoms with van der Waals surface area (Å²) in [5, 5.41) is 0. The van der Waals surface area contributed by atoms with E-state index in [0.29, 0.717) is 5.92 Å². The van der Waals surface area contributed by atoms with Crippen LogP contribution in [0.4, 0.5) is 0 Å². The van der Waals surface area contributed by atoms with Crippen LogP contribution in [0.1, 0.15) is 24.0 Å². The fourth-order valence-corrected chi connectivity index (χ4v) is 3.38. The highest BCUT2D eigenvalue weighted by atomic mass is 16.7. The number of amides is 1. The number of likely N-dealkylation sites (tertiary alicyclic amines) is 1. The Morgan fingerprint density at radius 2 is 1.78 bits per heavy atom. The molecule has 0 saturated carbocycles. The standard InChI is InChI=1S/C23H27NO3/c1-26-18-27-22-10-7-19(8-11-22)9-12-23(25)24-15-13-21(14-16-24)17-20-5-3-2-4-6-20/h2-12,21H,13-18H2,1H3/b12-9+. The highest BCUT2D eigenvalue weighted by molar-refractivity contribution is 5.91. The van der Waals surface area contributed by atoms with Crippen LogP contribution in [0.3, 0.4) is 0 Å². The molecule has 142 valence electrons. The number of benzene rings is 2. The van der Waals surface area contributed by atoms with Gasteiger partial charge in [0.2, 0.25) is 5.91 Å². The van der Waals surface area contributed by atoms with Gasteiger partial charge >= 0.3 is 0 Å². The lowest BCUT2D eigenvalue weighted by atomic mass is 9.90. The Hall–Kier alpha value is -2.59. The van der Waals surface area contributed by atoms with E-state index in [2.05, 4.69) is 30.3 Å². The van der Waals surface area contributed by atoms with Crippen molar-refractivity contribution in [3.63, 3.8) is 0 Å². The molecule has 0 aliphatic carbocycles. The molecular formula is C23H27NO3. The number of hydrogen-bond acceptors (Lipinski definition) is 3. The second kappa shape index (κ2) is 9.93. The third kappa shape index (κ3) is 5.97. The zero-order valence-corrected chi connectivity index (χ0v) is 15.8. The molecule has 1 aliphatic heterocycles. The molecular weight excluding hydrogens is 338 g/mol. The Morgan fingerprint density at radius 3 is 2.44 bits per heavy atom. The minimum atomic E-state index is 0.0906. The Kier molecular flexibility index (Phi) is 7.05. The van der Waals surface area contributed by atoms with E-state index >= 15 is 0 Å². The maximum atomic E-state index is 12.4. The van der Waals surface area contributed by atoms with Crippen molar-refractivity contribution in [1.82, 2.24) is 4.90 Å². The van der Waals surface area contributed by atoms with Crippen LogP contribution in [-0.4, -0.2) is 37.8 Å². The lowest BCUT2D eigenvalue weighted by Crippen LogP contribution is -2.37. The second-order valence-corrected chi connectivity index (χ2v) is 6.91. The van der Waals surface area contributed by atoms with Gasteiger partial charge in [-0.3, -0.25) is 4.79 Å². The molecule has 1 saturated heterocycles. The largest absolute Gasteiger partial charge is 0.468 e. The zero-order valence-electron chi connectivity index (χ0n) is 15.8. The van der Waals surface area contributed by atoms with Crippen molar-refractivity contribution in [2.45, 2.75) is 19.3 Å². The molecule has 3 rings (SSSR count). The number of piperidine rings is 1. The number of methoxy groups -OCH3 is 1. The van der Waals surface area contributed by atoms with E-state index < -0.39 is 0 Å². The summed E-state index contributed by atoms with van der Waals surface area (Å²) in [6, 6.07) is 18.2. The van der Waals surface area contributed by atoms with Crippen LogP contribution in [0.15, 0.2) is 60.7 Å². The molecule has 4 nitrogen and oxygen atoms in total. The summed E-state index contributed by atoms with van der Waals surface area (Å²) < 4.78 is 10.2. The molecule has 2 aromatic rings. The van der Waals surface area contributed by atoms with Gasteiger partial charge in [-0.1, -0.05) is 42.5 Å². The second-order valence-electron chi connectivity index (χ2n) is 6.91. The summed E-state index contributed by atoms with van der Waals surface area (Å²) in [5.41, 5.74) is 2.37. The summed E-state index contributed by atoms with van der Waals surface area (Å²) in [6.45, 7) is 1.91. The van der Waals surface area contributed by atoms with Crippen LogP contribution < -0.4 is 4.74 Å². The van der Waals surface area contributed by atoms with Crippen molar-refractivity contribution in [3.05, 3.63) is 71.8 Å². The Balaban J connectivity index is 1.45. The highest BCUT2D eigenvalue weighted by Gasteiger charge is 2.21. The normalized spacial score (nSPS) is 15.2. The molecule has 2 aromatic carbocycles. The summed E-state index contributed by atoms with van der Waals surface area (Å²) in [5.74, 6) is 1.51. The molecule has 1 fully saturated rings. The molecule has 1 amide bonds. The number of nitrogens with zero attached hydrogens (tertiary/aromatic N) is 1. The van der Waals surface area contributed by atoms with Crippen LogP contribution in [0.2, 0.25) is 0 Å². The van der Waals surface area contributed by atoms with Gasteiger partial charge in [0.1, 0.15) is 5.75 Å². The zero-order chi connectivity index (χ0) is 18.9. The number of hydrogen-bond donors (Lipinski definition) is 0. The molecule has 0 atom stereocenters. The van der Waals surface area contributed by atoms with Crippen molar-refractivity contribution < 1.29 is 14.3 Å². The van der Waals surface area contributed by atoms with Gasteiger partial charge in [0, 0.05) is 26.3 Å². The summed E-state index contributed by atoms with van der Waals surface area (Å²) in [6.07, 6.45) is 6.78. The monoisotopic (exact) mass is 365 g/mol. The van der Waals surface area contributed by atoms with Crippen LogP contribution in [0.5, 0.6) is 5.75 Å². The summed E-state index contributed by atoms with van der Waals surface area (Å²) in [4.78, 5) is 14.4. The topological polar surface area (TPSA) is 38.8 Å². The number of ether oxygens (including phenoxy) is 2. The summed E-state index contributed by atoms with van der Waals surface area (Å²) >= 11 is 0. The molecule has 0 spiro atoms. The van der Waals surface area contributed by atoms with Crippen molar-refractivity contribution in [2.24, 2.45) is 5.92 Å². The minimum absolute atomic E-state index is 0.0906. The molecule has 0 unspecified atom stereocenters. The predicted octanol–water partition coefficient (Wildman–Crippen LogP) is 4.16. The molecule has 0 N–H and O–H groups in total. The van der Waals surface area contributed by atoms with Gasteiger partial charge in [-0.05, 0) is 54.5 Å². The third-order valence-corrected chi connectivity index (χ3v) is 4.94. The van der Waals surface area contributed by atoms with Gasteiger partial charge in [0.15, 0.2) is 6.79 Å². The SMILES string of the molecule is COCOc1ccc(/C=C/C(=O)N2CCC(Cc3ccccc3)CC2)cc1. The van der Waals surface area contributed by atoms with E-state index in [0.717, 1.165) is 43.7 Å². The van der Waals surface area contributed by atoms with E-state index in [4.69, 9.17) is 9.47 Å². The Labute approximate surface area is 161 Å². The van der Waals surface area contributed by atoms with E-state index in [1.807, 2.05) is 35.2 Å². The smallest absolute Gasteiger partial charge is 0.246 e. The first-order chi connectivity index (χ1) is 13.2. The van der Waals surface area contributed by atoms with E-state index in [1.54, 1.807) is 13.2 Å². The Morgan fingerprint density at radius 1 is 1.07 bits per heavy atom. The predicted molar refractivity (Wildman–Crippen MR) is 107 cm³/mol. The van der Waals surface area contributed by atoms with Gasteiger partial charge in [0.25, 0.3) is 0 Å². The highest BCUT2D eigenvalue weighted by Crippen LogP contribution is 2.22. The van der Waals surface area contributed by atoms with Gasteiger partial charge in [-0.25, -0.2) is 0 Å². The van der Waals surface area contributed by atoms with Crippen LogP contribution >= 0.6 is 0 Å². The molecule has 1 aliphatic rings. The first-order valence-corrected chi connectivity index (χ1v) is 9.47. The van der Waals surface area contributed by atoms with E-state index in [1.165, 1.54) is 5.56 Å². The minimum Gasteiger partial charge on any atom is -0.468 e. The maximum Gasteiger partial charge on any atom is 0.246 e. The average Bonchev–Trinajstić information content (AvgIpc) is 2.72. The van der Waals surface area contributed by atoms with Crippen molar-refractivity contribution in [2.75, 3.05) is 27.0 Å². The van der Waals surface area contributed by atoms with Gasteiger partial charge in [-0.15, -0.1) is 0 Å². The fraction of sp³-hybridized carbons (Fsp3) is 0.348.